The van der Waals surface area contributed by atoms with E-state index in [2.05, 4.69) is 4.98 Å². The molecule has 0 saturated carbocycles. The van der Waals surface area contributed by atoms with Crippen LogP contribution in [0, 0.1) is 16.0 Å². The molecule has 14 heteroatoms. The van der Waals surface area contributed by atoms with Crippen molar-refractivity contribution in [2.75, 3.05) is 25.2 Å². The fraction of sp³-hybridized carbons (Fsp3) is 0.280. The maximum atomic E-state index is 13.8. The molecule has 1 N–H and O–H groups in total. The van der Waals surface area contributed by atoms with Gasteiger partial charge in [-0.25, -0.2) is 9.69 Å². The van der Waals surface area contributed by atoms with Crippen LogP contribution in [-0.4, -0.2) is 53.3 Å². The molecular formula is C25H21N3O9S2. The number of aromatic amines is 1. The minimum Gasteiger partial charge on any atom is -0.493 e. The number of carbonyl (C=O) groups is 3. The highest BCUT2D eigenvalue weighted by Crippen LogP contribution is 2.53. The van der Waals surface area contributed by atoms with E-state index in [4.69, 9.17) is 14.2 Å². The van der Waals surface area contributed by atoms with Crippen molar-refractivity contribution in [1.82, 2.24) is 4.98 Å². The number of ether oxygens (including phenoxy) is 3. The molecule has 0 radical (unpaired) electrons. The van der Waals surface area contributed by atoms with E-state index in [1.54, 1.807) is 25.1 Å². The summed E-state index contributed by atoms with van der Waals surface area (Å²) in [5.74, 6) is -2.45. The Hall–Kier alpha value is -4.17. The lowest BCUT2D eigenvalue weighted by molar-refractivity contribution is -0.384. The normalized spacial score (nSPS) is 19.8. The monoisotopic (exact) mass is 571 g/mol. The van der Waals surface area contributed by atoms with Crippen molar-refractivity contribution < 1.29 is 33.5 Å². The van der Waals surface area contributed by atoms with E-state index in [9.17, 15) is 29.3 Å². The molecule has 3 atom stereocenters. The number of carbonyl (C=O) groups excluding carboxylic acids is 3. The molecule has 0 bridgehead atoms. The molecule has 1 fully saturated rings. The van der Waals surface area contributed by atoms with Crippen molar-refractivity contribution in [2.45, 2.75) is 23.1 Å². The van der Waals surface area contributed by atoms with Gasteiger partial charge in [0.05, 0.1) is 35.3 Å². The largest absolute Gasteiger partial charge is 0.493 e. The van der Waals surface area contributed by atoms with Gasteiger partial charge in [0.15, 0.2) is 18.1 Å². The SMILES string of the molecule is CCOC(=O)COc1ccc([C@@H]2c3sc(=O)[nH]c3S[C@H]3C(=O)N(c4ccc([N+](=O)[O-])cc4)C(=O)[C@@H]23)cc1OC. The Morgan fingerprint density at radius 3 is 2.51 bits per heavy atom. The van der Waals surface area contributed by atoms with E-state index in [0.29, 0.717) is 21.2 Å². The number of nitrogens with zero attached hydrogens (tertiary/aromatic N) is 2. The number of nitro benzene ring substituents is 1. The molecule has 3 aromatic rings. The predicted molar refractivity (Wildman–Crippen MR) is 141 cm³/mol. The number of imide groups is 1. The Morgan fingerprint density at radius 1 is 1.10 bits per heavy atom. The van der Waals surface area contributed by atoms with Crippen molar-refractivity contribution in [3.8, 4) is 11.5 Å². The van der Waals surface area contributed by atoms with Crippen LogP contribution in [0.15, 0.2) is 52.3 Å². The van der Waals surface area contributed by atoms with Gasteiger partial charge in [0.1, 0.15) is 5.25 Å². The first kappa shape index (κ1) is 26.4. The Kier molecular flexibility index (Phi) is 7.14. The van der Waals surface area contributed by atoms with Gasteiger partial charge >= 0.3 is 10.8 Å². The average molecular weight is 572 g/mol. The number of benzene rings is 2. The van der Waals surface area contributed by atoms with E-state index < -0.39 is 39.8 Å². The Bertz CT molecular complexity index is 1530. The quantitative estimate of drug-likeness (QED) is 0.184. The van der Waals surface area contributed by atoms with Crippen LogP contribution < -0.4 is 19.2 Å². The second-order valence-corrected chi connectivity index (χ2v) is 10.7. The van der Waals surface area contributed by atoms with Gasteiger partial charge in [0, 0.05) is 22.9 Å². The van der Waals surface area contributed by atoms with Crippen LogP contribution in [0.4, 0.5) is 11.4 Å². The lowest BCUT2D eigenvalue weighted by atomic mass is 9.83. The maximum absolute atomic E-state index is 13.8. The van der Waals surface area contributed by atoms with Gasteiger partial charge in [-0.15, -0.1) is 0 Å². The fourth-order valence-electron chi connectivity index (χ4n) is 4.69. The molecule has 2 aromatic carbocycles. The minimum atomic E-state index is -0.854. The highest BCUT2D eigenvalue weighted by Gasteiger charge is 2.56. The third-order valence-corrected chi connectivity index (χ3v) is 8.74. The van der Waals surface area contributed by atoms with Gasteiger partial charge in [-0.2, -0.15) is 0 Å². The van der Waals surface area contributed by atoms with Crippen LogP contribution in [-0.2, 0) is 19.1 Å². The Morgan fingerprint density at radius 2 is 1.85 bits per heavy atom. The number of fused-ring (bicyclic) bond motifs is 2. The molecule has 2 aliphatic rings. The summed E-state index contributed by atoms with van der Waals surface area (Å²) in [6.07, 6.45) is 0. The van der Waals surface area contributed by atoms with E-state index >= 15 is 0 Å². The first-order chi connectivity index (χ1) is 18.7. The summed E-state index contributed by atoms with van der Waals surface area (Å²) in [5.41, 5.74) is 0.662. The zero-order valence-corrected chi connectivity index (χ0v) is 22.2. The standard InChI is InChI=1S/C25H21N3O9S2/c1-3-36-17(29)11-37-15-9-4-12(10-16(15)35-2)18-19-21(38-22-20(18)39-25(32)26-22)24(31)27(23(19)30)13-5-7-14(8-6-13)28(33)34/h4-10,18-19,21H,3,11H2,1-2H3,(H,26,32)/t18-,19-,21+/m0/s1. The first-order valence-electron chi connectivity index (χ1n) is 11.7. The van der Waals surface area contributed by atoms with Crippen molar-refractivity contribution in [3.05, 3.63) is 72.7 Å². The number of nitro groups is 1. The van der Waals surface area contributed by atoms with E-state index in [1.807, 2.05) is 0 Å². The van der Waals surface area contributed by atoms with Gasteiger partial charge in [0.25, 0.3) is 5.69 Å². The van der Waals surface area contributed by atoms with Crippen molar-refractivity contribution in [3.63, 3.8) is 0 Å². The summed E-state index contributed by atoms with van der Waals surface area (Å²) in [6.45, 7) is 1.57. The maximum Gasteiger partial charge on any atom is 0.344 e. The number of nitrogens with one attached hydrogen (secondary N) is 1. The molecule has 5 rings (SSSR count). The second kappa shape index (κ2) is 10.5. The fourth-order valence-corrected chi connectivity index (χ4v) is 7.21. The van der Waals surface area contributed by atoms with Crippen LogP contribution in [0.3, 0.4) is 0 Å². The Balaban J connectivity index is 1.53. The number of hydrogen-bond acceptors (Lipinski definition) is 11. The lowest BCUT2D eigenvalue weighted by Crippen LogP contribution is -2.32. The third-order valence-electron chi connectivity index (χ3n) is 6.34. The van der Waals surface area contributed by atoms with Gasteiger partial charge < -0.3 is 19.2 Å². The van der Waals surface area contributed by atoms with Crippen LogP contribution in [0.2, 0.25) is 0 Å². The first-order valence-corrected chi connectivity index (χ1v) is 13.4. The van der Waals surface area contributed by atoms with Gasteiger partial charge in [-0.05, 0) is 36.8 Å². The number of methoxy groups -OCH3 is 1. The number of thiazole rings is 1. The Labute approximate surface area is 229 Å². The summed E-state index contributed by atoms with van der Waals surface area (Å²) in [5, 5.41) is 10.7. The predicted octanol–water partition coefficient (Wildman–Crippen LogP) is 3.09. The number of rotatable bonds is 8. The molecule has 3 heterocycles. The van der Waals surface area contributed by atoms with Crippen molar-refractivity contribution in [2.24, 2.45) is 5.92 Å². The number of thioether (sulfide) groups is 1. The van der Waals surface area contributed by atoms with Gasteiger partial charge in [-0.1, -0.05) is 29.2 Å². The van der Waals surface area contributed by atoms with E-state index in [1.165, 1.54) is 31.4 Å². The summed E-state index contributed by atoms with van der Waals surface area (Å²) < 4.78 is 15.9. The molecule has 0 spiro atoms. The smallest absolute Gasteiger partial charge is 0.344 e. The van der Waals surface area contributed by atoms with E-state index in [-0.39, 0.29) is 35.2 Å². The summed E-state index contributed by atoms with van der Waals surface area (Å²) >= 11 is 2.08. The topological polar surface area (TPSA) is 158 Å². The molecular weight excluding hydrogens is 550 g/mol. The molecule has 1 saturated heterocycles. The minimum absolute atomic E-state index is 0.167. The zero-order valence-electron chi connectivity index (χ0n) is 20.6. The van der Waals surface area contributed by atoms with Gasteiger partial charge in [0.2, 0.25) is 11.8 Å². The molecule has 0 unspecified atom stereocenters. The summed E-state index contributed by atoms with van der Waals surface area (Å²) in [4.78, 5) is 65.9. The number of hydrogen-bond donors (Lipinski definition) is 1. The summed E-state index contributed by atoms with van der Waals surface area (Å²) in [7, 11) is 1.43. The molecule has 0 aliphatic carbocycles. The molecule has 39 heavy (non-hydrogen) atoms. The highest BCUT2D eigenvalue weighted by atomic mass is 32.2. The molecule has 12 nitrogen and oxygen atoms in total. The summed E-state index contributed by atoms with van der Waals surface area (Å²) in [6, 6.07) is 10.1. The van der Waals surface area contributed by atoms with Crippen LogP contribution in [0.1, 0.15) is 23.3 Å². The molecule has 2 aliphatic heterocycles. The number of amides is 2. The zero-order chi connectivity index (χ0) is 27.8. The van der Waals surface area contributed by atoms with Crippen molar-refractivity contribution >= 4 is 52.3 Å². The molecule has 202 valence electrons. The number of anilines is 1. The van der Waals surface area contributed by atoms with E-state index in [0.717, 1.165) is 28.0 Å². The van der Waals surface area contributed by atoms with Gasteiger partial charge in [-0.3, -0.25) is 24.5 Å². The highest BCUT2D eigenvalue weighted by molar-refractivity contribution is 8.00. The second-order valence-electron chi connectivity index (χ2n) is 8.54. The lowest BCUT2D eigenvalue weighted by Gasteiger charge is -2.30. The third kappa shape index (κ3) is 4.76. The van der Waals surface area contributed by atoms with Crippen LogP contribution in [0.5, 0.6) is 11.5 Å². The van der Waals surface area contributed by atoms with Crippen LogP contribution in [0.25, 0.3) is 0 Å². The number of aromatic nitrogens is 1. The number of non-ortho nitro benzene ring substituents is 1. The molecule has 1 aromatic heterocycles. The number of H-pyrrole nitrogens is 1. The molecule has 2 amide bonds. The van der Waals surface area contributed by atoms with Crippen LogP contribution >= 0.6 is 23.1 Å². The number of esters is 1. The average Bonchev–Trinajstić information content (AvgIpc) is 3.41. The van der Waals surface area contributed by atoms with Crippen molar-refractivity contribution in [1.29, 1.82) is 0 Å².